The van der Waals surface area contributed by atoms with Crippen molar-refractivity contribution in [1.82, 2.24) is 48.5 Å². The molecule has 6 heterocycles. The second-order valence-electron chi connectivity index (χ2n) is 21.4. The summed E-state index contributed by atoms with van der Waals surface area (Å²) in [6, 6.07) is 20.9. The van der Waals surface area contributed by atoms with Crippen LogP contribution in [-0.2, 0) is 22.7 Å². The van der Waals surface area contributed by atoms with Gasteiger partial charge in [-0.1, -0.05) is 27.7 Å². The molecule has 0 aliphatic carbocycles. The Labute approximate surface area is 438 Å². The van der Waals surface area contributed by atoms with Crippen LogP contribution < -0.4 is 17.1 Å². The van der Waals surface area contributed by atoms with Crippen molar-refractivity contribution in [1.29, 1.82) is 0 Å². The number of nitrogens with two attached hydrogens (primary N) is 1. The van der Waals surface area contributed by atoms with Gasteiger partial charge in [-0.15, -0.1) is 0 Å². The zero-order chi connectivity index (χ0) is 53.5. The van der Waals surface area contributed by atoms with E-state index in [1.165, 1.54) is 21.3 Å². The molecule has 2 saturated heterocycles. The van der Waals surface area contributed by atoms with Crippen LogP contribution in [-0.4, -0.2) is 113 Å². The maximum Gasteiger partial charge on any atom is 0.348 e. The second kappa shape index (κ2) is 21.3. The number of aryl methyl sites for hydroxylation is 2. The Kier molecular flexibility index (Phi) is 14.4. The monoisotopic (exact) mass is 1030 g/mol. The molecule has 0 unspecified atom stereocenters. The first-order valence-electron chi connectivity index (χ1n) is 26.5. The van der Waals surface area contributed by atoms with E-state index in [0.29, 0.717) is 71.6 Å². The summed E-state index contributed by atoms with van der Waals surface area (Å²) in [5, 5.41) is 57.7. The molecule has 76 heavy (non-hydrogen) atoms. The molecule has 2 fully saturated rings. The summed E-state index contributed by atoms with van der Waals surface area (Å²) in [6.45, 7) is 12.0. The van der Waals surface area contributed by atoms with Crippen molar-refractivity contribution >= 4 is 33.6 Å². The Hall–Kier alpha value is -8.06. The average molecular weight is 1030 g/mol. The van der Waals surface area contributed by atoms with E-state index in [4.69, 9.17) is 5.73 Å². The van der Waals surface area contributed by atoms with Crippen LogP contribution in [0.1, 0.15) is 102 Å². The predicted molar refractivity (Wildman–Crippen MR) is 290 cm³/mol. The number of phenolic OH excluding ortho intramolecular Hbond substituents is 4. The number of hydrogen-bond acceptors (Lipinski definition) is 11. The molecular weight excluding hydrogens is 967 g/mol. The molecule has 4 aromatic heterocycles. The molecule has 10 rings (SSSR count). The number of nitrogens with one attached hydrogen (secondary N) is 2. The molecule has 19 nitrogen and oxygen atoms in total. The Bertz CT molecular complexity index is 3330. The van der Waals surface area contributed by atoms with E-state index in [-0.39, 0.29) is 71.1 Å². The number of amides is 2. The van der Waals surface area contributed by atoms with Crippen molar-refractivity contribution in [3.05, 3.63) is 117 Å². The fourth-order valence-corrected chi connectivity index (χ4v) is 11.3. The SMILES string of the molecule is CC(C)c1cc(-c2n[nH]c(=O)n2-c2ccc3c(ccn3CCC3CCN(C(=O)CC(N)CC(=O)N4CCC(CCn5ccc6cc(-n7c(-c8cc(C(C)C)c(O)cc8O)n[nH]c7=O)ccc65)CC4)CC3)c2)c(O)cc1O. The first-order chi connectivity index (χ1) is 36.5. The number of likely N-dealkylation sites (tertiary alicyclic amines) is 2. The molecule has 19 heteroatoms. The summed E-state index contributed by atoms with van der Waals surface area (Å²) in [5.41, 5.74) is 10.7. The van der Waals surface area contributed by atoms with Gasteiger partial charge in [0, 0.05) is 104 Å². The Balaban J connectivity index is 0.660. The number of phenols is 4. The lowest BCUT2D eigenvalue weighted by Crippen LogP contribution is -2.44. The molecule has 2 aliphatic rings. The number of H-pyrrole nitrogens is 2. The van der Waals surface area contributed by atoms with Crippen molar-refractivity contribution in [3.63, 3.8) is 0 Å². The zero-order valence-corrected chi connectivity index (χ0v) is 43.4. The van der Waals surface area contributed by atoms with Gasteiger partial charge in [-0.3, -0.25) is 9.59 Å². The third-order valence-corrected chi connectivity index (χ3v) is 15.8. The molecule has 398 valence electrons. The average Bonchev–Trinajstić information content (AvgIpc) is 4.20. The van der Waals surface area contributed by atoms with Gasteiger partial charge in [0.25, 0.3) is 0 Å². The zero-order valence-electron chi connectivity index (χ0n) is 43.4. The van der Waals surface area contributed by atoms with E-state index >= 15 is 0 Å². The van der Waals surface area contributed by atoms with Crippen LogP contribution in [0.25, 0.3) is 56.0 Å². The highest BCUT2D eigenvalue weighted by Crippen LogP contribution is 2.39. The summed E-state index contributed by atoms with van der Waals surface area (Å²) in [5.74, 6) is 0.935. The van der Waals surface area contributed by atoms with E-state index < -0.39 is 17.4 Å². The minimum absolute atomic E-state index is 0.00555. The van der Waals surface area contributed by atoms with E-state index in [1.54, 1.807) is 12.1 Å². The minimum atomic E-state index is -0.548. The quantitative estimate of drug-likeness (QED) is 0.0491. The molecule has 2 aliphatic heterocycles. The number of benzene rings is 4. The maximum absolute atomic E-state index is 13.4. The summed E-state index contributed by atoms with van der Waals surface area (Å²) in [7, 11) is 0. The lowest BCUT2D eigenvalue weighted by atomic mass is 9.92. The number of aromatic nitrogens is 8. The standard InChI is InChI=1S/C57H67N11O8/c1-33(2)42-29-44(50(71)31-48(42)69)54-59-61-56(75)67(54)40-5-7-46-37(25-40)15-23-63(46)17-9-35-11-19-65(20-12-35)52(73)27-39(58)28-53(74)66-21-13-36(14-22-66)10-18-64-24-16-38-26-41(6-8-47(38)64)68-55(60-62-57(68)76)45-30-43(34(3)4)49(70)32-51(45)72/h5-8,15-16,23-26,29-36,39,69-72H,9-14,17-22,27-28,58H2,1-4H3,(H,61,75)(H,62,76). The van der Waals surface area contributed by atoms with Crippen LogP contribution in [0.2, 0.25) is 0 Å². The molecule has 0 spiro atoms. The molecule has 0 saturated carbocycles. The van der Waals surface area contributed by atoms with Crippen molar-refractivity contribution < 1.29 is 30.0 Å². The summed E-state index contributed by atoms with van der Waals surface area (Å²) < 4.78 is 7.26. The maximum atomic E-state index is 13.4. The molecule has 8 aromatic rings. The van der Waals surface area contributed by atoms with Crippen LogP contribution in [0.3, 0.4) is 0 Å². The first kappa shape index (κ1) is 51.4. The van der Waals surface area contributed by atoms with Gasteiger partial charge < -0.3 is 45.1 Å². The van der Waals surface area contributed by atoms with E-state index in [0.717, 1.165) is 73.4 Å². The Morgan fingerprint density at radius 3 is 1.36 bits per heavy atom. The van der Waals surface area contributed by atoms with E-state index in [2.05, 4.69) is 29.5 Å². The number of nitrogens with zero attached hydrogens (tertiary/aromatic N) is 8. The van der Waals surface area contributed by atoms with Crippen LogP contribution in [0, 0.1) is 11.8 Å². The van der Waals surface area contributed by atoms with Gasteiger partial charge in [0.05, 0.1) is 22.5 Å². The first-order valence-corrected chi connectivity index (χ1v) is 26.5. The fourth-order valence-electron chi connectivity index (χ4n) is 11.3. The smallest absolute Gasteiger partial charge is 0.348 e. The van der Waals surface area contributed by atoms with Gasteiger partial charge in [0.2, 0.25) is 11.8 Å². The lowest BCUT2D eigenvalue weighted by Gasteiger charge is -2.34. The van der Waals surface area contributed by atoms with Gasteiger partial charge >= 0.3 is 11.4 Å². The topological polar surface area (TPSA) is 259 Å². The predicted octanol–water partition coefficient (Wildman–Crippen LogP) is 7.81. The van der Waals surface area contributed by atoms with Gasteiger partial charge in [-0.05, 0) is 134 Å². The van der Waals surface area contributed by atoms with Crippen molar-refractivity contribution in [2.45, 2.75) is 110 Å². The molecule has 0 radical (unpaired) electrons. The number of hydrogen-bond donors (Lipinski definition) is 7. The number of aromatic hydroxyl groups is 4. The number of carbonyl (C=O) groups excluding carboxylic acids is 2. The van der Waals surface area contributed by atoms with Gasteiger partial charge in [0.15, 0.2) is 11.6 Å². The number of rotatable bonds is 16. The number of fused-ring (bicyclic) bond motifs is 2. The van der Waals surface area contributed by atoms with E-state index in [1.807, 2.05) is 98.4 Å². The van der Waals surface area contributed by atoms with Crippen LogP contribution >= 0.6 is 0 Å². The van der Waals surface area contributed by atoms with Crippen molar-refractivity contribution in [2.24, 2.45) is 17.6 Å². The van der Waals surface area contributed by atoms with Gasteiger partial charge in [-0.2, -0.15) is 10.2 Å². The van der Waals surface area contributed by atoms with Crippen LogP contribution in [0.5, 0.6) is 23.0 Å². The highest BCUT2D eigenvalue weighted by atomic mass is 16.3. The molecule has 0 atom stereocenters. The highest BCUT2D eigenvalue weighted by molar-refractivity contribution is 5.84. The Morgan fingerprint density at radius 2 is 0.974 bits per heavy atom. The van der Waals surface area contributed by atoms with E-state index in [9.17, 15) is 39.6 Å². The molecule has 0 bridgehead atoms. The number of carbonyl (C=O) groups is 2. The Morgan fingerprint density at radius 1 is 0.579 bits per heavy atom. The molecule has 8 N–H and O–H groups in total. The van der Waals surface area contributed by atoms with Gasteiger partial charge in [-0.25, -0.2) is 28.9 Å². The fraction of sp³-hybridized carbons (Fsp3) is 0.404. The second-order valence-corrected chi connectivity index (χ2v) is 21.4. The highest BCUT2D eigenvalue weighted by Gasteiger charge is 2.29. The minimum Gasteiger partial charge on any atom is -0.508 e. The van der Waals surface area contributed by atoms with Crippen LogP contribution in [0.4, 0.5) is 0 Å². The summed E-state index contributed by atoms with van der Waals surface area (Å²) >= 11 is 0. The molecular formula is C57H67N11O8. The largest absolute Gasteiger partial charge is 0.508 e. The molecule has 2 amide bonds. The lowest BCUT2D eigenvalue weighted by molar-refractivity contribution is -0.134. The molecule has 4 aromatic carbocycles. The third kappa shape index (κ3) is 10.3. The van der Waals surface area contributed by atoms with Gasteiger partial charge in [0.1, 0.15) is 23.0 Å². The van der Waals surface area contributed by atoms with Crippen molar-refractivity contribution in [2.75, 3.05) is 26.2 Å². The normalized spacial score (nSPS) is 14.9. The number of piperidine rings is 2. The third-order valence-electron chi connectivity index (χ3n) is 15.8. The van der Waals surface area contributed by atoms with Crippen molar-refractivity contribution in [3.8, 4) is 57.1 Å². The number of aromatic amines is 2. The summed E-state index contributed by atoms with van der Waals surface area (Å²) in [6.07, 6.45) is 9.81. The summed E-state index contributed by atoms with van der Waals surface area (Å²) in [4.78, 5) is 56.7. The van der Waals surface area contributed by atoms with Crippen LogP contribution in [0.15, 0.2) is 94.8 Å².